The summed E-state index contributed by atoms with van der Waals surface area (Å²) in [7, 11) is 0. The van der Waals surface area contributed by atoms with Crippen LogP contribution >= 0.6 is 0 Å². The van der Waals surface area contributed by atoms with Crippen molar-refractivity contribution in [2.45, 2.75) is 38.6 Å². The fourth-order valence-electron chi connectivity index (χ4n) is 2.30. The predicted octanol–water partition coefficient (Wildman–Crippen LogP) is 1.41. The largest absolute Gasteiger partial charge is 0.475 e. The average molecular weight is 379 g/mol. The predicted molar refractivity (Wildman–Crippen MR) is 94.6 cm³/mol. The molecule has 9 nitrogen and oxygen atoms in total. The van der Waals surface area contributed by atoms with Crippen LogP contribution in [0.25, 0.3) is 11.0 Å². The highest BCUT2D eigenvalue weighted by molar-refractivity contribution is 5.87. The summed E-state index contributed by atoms with van der Waals surface area (Å²) in [5, 5.41) is 31.6. The van der Waals surface area contributed by atoms with Gasteiger partial charge in [-0.1, -0.05) is 6.07 Å². The average Bonchev–Trinajstić information content (AvgIpc) is 2.57. The molecule has 0 aliphatic carbocycles. The van der Waals surface area contributed by atoms with Crippen LogP contribution in [0.4, 0.5) is 4.79 Å². The van der Waals surface area contributed by atoms with Crippen LogP contribution in [0, 0.1) is 0 Å². The molecule has 1 aromatic heterocycles. The van der Waals surface area contributed by atoms with Crippen LogP contribution < -0.4 is 10.7 Å². The summed E-state index contributed by atoms with van der Waals surface area (Å²) in [6.45, 7) is 4.79. The standard InChI is InChI=1S/C18H21NO8/c1-18(2,3)27-17(25)19-8-12(21)15(22)9-4-5-13-10(6-9)11(20)7-14(26-13)16(23)24/h4-7,12,15,21-22H,8H2,1-3H3,(H,19,25)(H,23,24). The highest BCUT2D eigenvalue weighted by Crippen LogP contribution is 2.22. The summed E-state index contributed by atoms with van der Waals surface area (Å²) in [5.74, 6) is -1.87. The minimum atomic E-state index is -1.40. The van der Waals surface area contributed by atoms with Crippen molar-refractivity contribution in [1.29, 1.82) is 0 Å². The van der Waals surface area contributed by atoms with E-state index in [1.54, 1.807) is 20.8 Å². The zero-order valence-electron chi connectivity index (χ0n) is 15.1. The number of nitrogens with one attached hydrogen (secondary N) is 1. The second-order valence-corrected chi connectivity index (χ2v) is 6.93. The summed E-state index contributed by atoms with van der Waals surface area (Å²) < 4.78 is 10.1. The fourth-order valence-corrected chi connectivity index (χ4v) is 2.30. The number of hydrogen-bond donors (Lipinski definition) is 4. The van der Waals surface area contributed by atoms with Crippen LogP contribution in [0.3, 0.4) is 0 Å². The molecule has 146 valence electrons. The molecular formula is C18H21NO8. The maximum atomic E-state index is 12.1. The van der Waals surface area contributed by atoms with Crippen molar-refractivity contribution in [3.8, 4) is 0 Å². The summed E-state index contributed by atoms with van der Waals surface area (Å²) in [4.78, 5) is 34.6. The van der Waals surface area contributed by atoms with E-state index in [0.717, 1.165) is 6.07 Å². The van der Waals surface area contributed by atoms with Gasteiger partial charge in [-0.05, 0) is 38.5 Å². The summed E-state index contributed by atoms with van der Waals surface area (Å²) in [6.07, 6.45) is -3.50. The first-order valence-corrected chi connectivity index (χ1v) is 8.12. The SMILES string of the molecule is CC(C)(C)OC(=O)NCC(O)C(O)c1ccc2oc(C(=O)O)cc(=O)c2c1. The van der Waals surface area contributed by atoms with Gasteiger partial charge in [-0.3, -0.25) is 4.79 Å². The van der Waals surface area contributed by atoms with Crippen LogP contribution in [-0.4, -0.2) is 45.6 Å². The number of benzene rings is 1. The highest BCUT2D eigenvalue weighted by atomic mass is 16.6. The fraction of sp³-hybridized carbons (Fsp3) is 0.389. The number of carboxylic acid groups (broad SMARTS) is 1. The van der Waals surface area contributed by atoms with Gasteiger partial charge in [-0.15, -0.1) is 0 Å². The Morgan fingerprint density at radius 1 is 1.22 bits per heavy atom. The monoisotopic (exact) mass is 379 g/mol. The molecule has 0 saturated heterocycles. The van der Waals surface area contributed by atoms with Gasteiger partial charge in [0, 0.05) is 12.6 Å². The van der Waals surface area contributed by atoms with Gasteiger partial charge in [0.25, 0.3) is 0 Å². The van der Waals surface area contributed by atoms with Crippen LogP contribution in [0.1, 0.15) is 43.0 Å². The Hall–Kier alpha value is -2.91. The van der Waals surface area contributed by atoms with Crippen molar-refractivity contribution in [3.63, 3.8) is 0 Å². The number of aliphatic hydroxyl groups is 2. The van der Waals surface area contributed by atoms with Gasteiger partial charge in [-0.2, -0.15) is 0 Å². The number of fused-ring (bicyclic) bond motifs is 1. The smallest absolute Gasteiger partial charge is 0.407 e. The Balaban J connectivity index is 2.15. The van der Waals surface area contributed by atoms with Crippen LogP contribution in [0.2, 0.25) is 0 Å². The maximum Gasteiger partial charge on any atom is 0.407 e. The van der Waals surface area contributed by atoms with Gasteiger partial charge in [0.15, 0.2) is 5.43 Å². The number of amides is 1. The summed E-state index contributed by atoms with van der Waals surface area (Å²) in [6, 6.07) is 4.85. The molecule has 0 saturated carbocycles. The molecule has 1 amide bonds. The Labute approximate surface area is 154 Å². The van der Waals surface area contributed by atoms with Crippen molar-refractivity contribution in [2.75, 3.05) is 6.54 Å². The number of aromatic carboxylic acids is 1. The van der Waals surface area contributed by atoms with Gasteiger partial charge in [0.1, 0.15) is 23.4 Å². The van der Waals surface area contributed by atoms with Gasteiger partial charge in [0.2, 0.25) is 5.76 Å². The summed E-state index contributed by atoms with van der Waals surface area (Å²) >= 11 is 0. The molecule has 2 unspecified atom stereocenters. The second-order valence-electron chi connectivity index (χ2n) is 6.93. The van der Waals surface area contributed by atoms with E-state index in [4.69, 9.17) is 14.3 Å². The quantitative estimate of drug-likeness (QED) is 0.610. The Morgan fingerprint density at radius 2 is 1.89 bits per heavy atom. The third-order valence-corrected chi connectivity index (χ3v) is 3.52. The Morgan fingerprint density at radius 3 is 2.48 bits per heavy atom. The molecule has 2 rings (SSSR count). The van der Waals surface area contributed by atoms with E-state index in [9.17, 15) is 24.6 Å². The molecular weight excluding hydrogens is 358 g/mol. The number of aliphatic hydroxyl groups excluding tert-OH is 2. The highest BCUT2D eigenvalue weighted by Gasteiger charge is 2.22. The molecule has 0 spiro atoms. The number of carbonyl (C=O) groups is 2. The third-order valence-electron chi connectivity index (χ3n) is 3.52. The number of carboxylic acids is 1. The lowest BCUT2D eigenvalue weighted by Crippen LogP contribution is -2.38. The normalized spacial score (nSPS) is 13.8. The van der Waals surface area contributed by atoms with Gasteiger partial charge >= 0.3 is 12.1 Å². The maximum absolute atomic E-state index is 12.1. The van der Waals surface area contributed by atoms with Crippen molar-refractivity contribution >= 4 is 23.0 Å². The van der Waals surface area contributed by atoms with Crippen LogP contribution in [0.5, 0.6) is 0 Å². The number of alkyl carbamates (subject to hydrolysis) is 1. The first-order chi connectivity index (χ1) is 12.5. The van der Waals surface area contributed by atoms with Gasteiger partial charge < -0.3 is 29.8 Å². The molecule has 0 fully saturated rings. The molecule has 27 heavy (non-hydrogen) atoms. The van der Waals surface area contributed by atoms with E-state index in [-0.39, 0.29) is 23.1 Å². The lowest BCUT2D eigenvalue weighted by molar-refractivity contribution is 0.0130. The molecule has 2 atom stereocenters. The molecule has 0 radical (unpaired) electrons. The minimum absolute atomic E-state index is 0.0391. The second kappa shape index (κ2) is 7.77. The Bertz CT molecular complexity index is 912. The minimum Gasteiger partial charge on any atom is -0.475 e. The Kier molecular flexibility index (Phi) is 5.87. The van der Waals surface area contributed by atoms with Gasteiger partial charge in [-0.25, -0.2) is 9.59 Å². The van der Waals surface area contributed by atoms with E-state index < -0.39 is 41.1 Å². The van der Waals surface area contributed by atoms with E-state index in [1.807, 2.05) is 0 Å². The molecule has 1 heterocycles. The molecule has 0 bridgehead atoms. The zero-order chi connectivity index (χ0) is 20.4. The first kappa shape index (κ1) is 20.4. The van der Waals surface area contributed by atoms with Crippen LogP contribution in [-0.2, 0) is 4.74 Å². The lowest BCUT2D eigenvalue weighted by atomic mass is 10.0. The van der Waals surface area contributed by atoms with Gasteiger partial charge in [0.05, 0.1) is 5.39 Å². The molecule has 0 aliphatic rings. The lowest BCUT2D eigenvalue weighted by Gasteiger charge is -2.22. The van der Waals surface area contributed by atoms with Crippen molar-refractivity contribution in [1.82, 2.24) is 5.32 Å². The van der Waals surface area contributed by atoms with E-state index in [1.165, 1.54) is 18.2 Å². The van der Waals surface area contributed by atoms with Crippen LogP contribution in [0.15, 0.2) is 33.5 Å². The number of hydrogen-bond acceptors (Lipinski definition) is 7. The first-order valence-electron chi connectivity index (χ1n) is 8.12. The van der Waals surface area contributed by atoms with Crippen molar-refractivity contribution < 1.29 is 34.1 Å². The molecule has 0 aliphatic heterocycles. The van der Waals surface area contributed by atoms with E-state index >= 15 is 0 Å². The summed E-state index contributed by atoms with van der Waals surface area (Å²) in [5.41, 5.74) is -1.05. The number of rotatable bonds is 5. The molecule has 4 N–H and O–H groups in total. The molecule has 2 aromatic rings. The van der Waals surface area contributed by atoms with E-state index in [2.05, 4.69) is 5.32 Å². The van der Waals surface area contributed by atoms with Crippen molar-refractivity contribution in [3.05, 3.63) is 45.8 Å². The number of ether oxygens (including phenoxy) is 1. The third kappa shape index (κ3) is 5.28. The molecule has 1 aromatic carbocycles. The topological polar surface area (TPSA) is 146 Å². The van der Waals surface area contributed by atoms with E-state index in [0.29, 0.717) is 0 Å². The van der Waals surface area contributed by atoms with Crippen molar-refractivity contribution in [2.24, 2.45) is 0 Å². The molecule has 9 heteroatoms. The zero-order valence-corrected chi connectivity index (χ0v) is 15.1. The number of carbonyl (C=O) groups excluding carboxylic acids is 1.